The van der Waals surface area contributed by atoms with Crippen molar-refractivity contribution in [3.63, 3.8) is 0 Å². The van der Waals surface area contributed by atoms with Crippen LogP contribution < -0.4 is 15.4 Å². The quantitative estimate of drug-likeness (QED) is 0.456. The maximum absolute atomic E-state index is 13.5. The van der Waals surface area contributed by atoms with Crippen molar-refractivity contribution >= 4 is 21.7 Å². The number of benzene rings is 1. The summed E-state index contributed by atoms with van der Waals surface area (Å²) >= 11 is 0. The molecule has 1 fully saturated rings. The number of guanidine groups is 1. The van der Waals surface area contributed by atoms with Crippen LogP contribution in [0.3, 0.4) is 0 Å². The van der Waals surface area contributed by atoms with E-state index in [0.29, 0.717) is 17.6 Å². The molecule has 0 amide bonds. The lowest BCUT2D eigenvalue weighted by molar-refractivity contribution is 0.267. The molecule has 0 aliphatic carbocycles. The van der Waals surface area contributed by atoms with Gasteiger partial charge in [0.2, 0.25) is 10.0 Å². The van der Waals surface area contributed by atoms with Gasteiger partial charge in [0.15, 0.2) is 5.96 Å². The van der Waals surface area contributed by atoms with E-state index in [2.05, 4.69) is 32.2 Å². The van der Waals surface area contributed by atoms with E-state index in [0.717, 1.165) is 26.1 Å². The fourth-order valence-corrected chi connectivity index (χ4v) is 4.13. The Hall–Kier alpha value is -1.87. The molecule has 1 atom stereocenters. The normalized spacial score (nSPS) is 18.5. The number of halogens is 1. The van der Waals surface area contributed by atoms with E-state index >= 15 is 0 Å². The lowest BCUT2D eigenvalue weighted by atomic mass is 10.2. The van der Waals surface area contributed by atoms with Crippen LogP contribution in [-0.2, 0) is 10.0 Å². The Morgan fingerprint density at radius 1 is 1.37 bits per heavy atom. The smallest absolute Gasteiger partial charge is 0.234 e. The van der Waals surface area contributed by atoms with Crippen LogP contribution in [0.1, 0.15) is 25.3 Å². The molecule has 0 radical (unpaired) electrons. The number of hydrogen-bond acceptors (Lipinski definition) is 4. The number of aryl methyl sites for hydroxylation is 1. The minimum atomic E-state index is -3.58. The Morgan fingerprint density at radius 3 is 2.81 bits per heavy atom. The van der Waals surface area contributed by atoms with Gasteiger partial charge in [-0.15, -0.1) is 0 Å². The second kappa shape index (κ2) is 9.89. The number of aliphatic imine (C=N–C) groups is 1. The van der Waals surface area contributed by atoms with Crippen LogP contribution in [0.2, 0.25) is 0 Å². The number of anilines is 1. The zero-order valence-corrected chi connectivity index (χ0v) is 17.1. The van der Waals surface area contributed by atoms with E-state index in [1.165, 1.54) is 12.5 Å². The van der Waals surface area contributed by atoms with Crippen molar-refractivity contribution in [2.45, 2.75) is 32.7 Å². The van der Waals surface area contributed by atoms with Gasteiger partial charge in [-0.1, -0.05) is 13.0 Å². The highest BCUT2D eigenvalue weighted by molar-refractivity contribution is 7.92. The lowest BCUT2D eigenvalue weighted by Crippen LogP contribution is -2.45. The summed E-state index contributed by atoms with van der Waals surface area (Å²) in [6, 6.07) is 4.75. The summed E-state index contributed by atoms with van der Waals surface area (Å²) in [7, 11) is -1.93. The van der Waals surface area contributed by atoms with E-state index in [4.69, 9.17) is 0 Å². The molecular formula is C18H30FN5O2S. The first-order valence-electron chi connectivity index (χ1n) is 9.30. The fourth-order valence-electron chi connectivity index (χ4n) is 3.17. The molecule has 2 rings (SSSR count). The zero-order valence-electron chi connectivity index (χ0n) is 16.3. The molecular weight excluding hydrogens is 369 g/mol. The van der Waals surface area contributed by atoms with Gasteiger partial charge in [-0.25, -0.2) is 12.8 Å². The summed E-state index contributed by atoms with van der Waals surface area (Å²) in [4.78, 5) is 6.56. The van der Waals surface area contributed by atoms with Crippen LogP contribution in [-0.4, -0.2) is 64.3 Å². The highest BCUT2D eigenvalue weighted by Crippen LogP contribution is 2.16. The Balaban J connectivity index is 1.77. The third-order valence-electron chi connectivity index (χ3n) is 4.74. The predicted molar refractivity (Wildman–Crippen MR) is 108 cm³/mol. The van der Waals surface area contributed by atoms with Gasteiger partial charge in [-0.3, -0.25) is 14.6 Å². The number of likely N-dealkylation sites (N-methyl/N-ethyl adjacent to an activating group) is 1. The fraction of sp³-hybridized carbons (Fsp3) is 0.611. The largest absolute Gasteiger partial charge is 0.355 e. The minimum absolute atomic E-state index is 0.145. The zero-order chi connectivity index (χ0) is 19.9. The summed E-state index contributed by atoms with van der Waals surface area (Å²) in [5.41, 5.74) is 0.694. The first kappa shape index (κ1) is 21.4. The van der Waals surface area contributed by atoms with E-state index in [-0.39, 0.29) is 18.0 Å². The van der Waals surface area contributed by atoms with Crippen molar-refractivity contribution in [2.75, 3.05) is 43.7 Å². The molecule has 1 aromatic rings. The standard InChI is InChI=1S/C18H30FN5O2S/c1-4-24-10-5-6-16(24)13-22-18(20-3)21-9-11-27(25,26)23-15-8-7-14(2)17(19)12-15/h7-8,12,16,23H,4-6,9-11,13H2,1-3H3,(H2,20,21,22). The number of nitrogens with zero attached hydrogens (tertiary/aromatic N) is 2. The molecule has 1 aliphatic heterocycles. The van der Waals surface area contributed by atoms with Crippen molar-refractivity contribution in [1.82, 2.24) is 15.5 Å². The van der Waals surface area contributed by atoms with Gasteiger partial charge in [0, 0.05) is 26.2 Å². The molecule has 3 N–H and O–H groups in total. The van der Waals surface area contributed by atoms with E-state index < -0.39 is 15.8 Å². The van der Waals surface area contributed by atoms with Crippen molar-refractivity contribution < 1.29 is 12.8 Å². The van der Waals surface area contributed by atoms with E-state index in [9.17, 15) is 12.8 Å². The molecule has 1 aromatic carbocycles. The molecule has 7 nitrogen and oxygen atoms in total. The van der Waals surface area contributed by atoms with Crippen molar-refractivity contribution in [3.8, 4) is 0 Å². The second-order valence-electron chi connectivity index (χ2n) is 6.69. The molecule has 0 saturated carbocycles. The third kappa shape index (κ3) is 6.66. The van der Waals surface area contributed by atoms with Crippen LogP contribution >= 0.6 is 0 Å². The van der Waals surface area contributed by atoms with Crippen molar-refractivity contribution in [2.24, 2.45) is 4.99 Å². The number of likely N-dealkylation sites (tertiary alicyclic amines) is 1. The highest BCUT2D eigenvalue weighted by atomic mass is 32.2. The first-order chi connectivity index (χ1) is 12.8. The monoisotopic (exact) mass is 399 g/mol. The first-order valence-corrected chi connectivity index (χ1v) is 10.9. The third-order valence-corrected chi connectivity index (χ3v) is 6.03. The van der Waals surface area contributed by atoms with Crippen LogP contribution in [0, 0.1) is 12.7 Å². The number of nitrogens with one attached hydrogen (secondary N) is 3. The summed E-state index contributed by atoms with van der Waals surface area (Å²) in [6.45, 7) is 6.91. The lowest BCUT2D eigenvalue weighted by Gasteiger charge is -2.24. The average Bonchev–Trinajstić information content (AvgIpc) is 3.08. The molecule has 9 heteroatoms. The summed E-state index contributed by atoms with van der Waals surface area (Å²) < 4.78 is 40.3. The van der Waals surface area contributed by atoms with Crippen LogP contribution in [0.25, 0.3) is 0 Å². The summed E-state index contributed by atoms with van der Waals surface area (Å²) in [6.07, 6.45) is 2.36. The molecule has 0 spiro atoms. The highest BCUT2D eigenvalue weighted by Gasteiger charge is 2.22. The van der Waals surface area contributed by atoms with Gasteiger partial charge >= 0.3 is 0 Å². The molecule has 1 saturated heterocycles. The maximum atomic E-state index is 13.5. The Morgan fingerprint density at radius 2 is 2.15 bits per heavy atom. The Bertz CT molecular complexity index is 754. The predicted octanol–water partition coefficient (Wildman–Crippen LogP) is 1.53. The van der Waals surface area contributed by atoms with Crippen LogP contribution in [0.5, 0.6) is 0 Å². The SMILES string of the molecule is CCN1CCCC1CNC(=NC)NCCS(=O)(=O)Nc1ccc(C)c(F)c1. The molecule has 0 aromatic heterocycles. The van der Waals surface area contributed by atoms with Gasteiger partial charge in [-0.05, 0) is 50.6 Å². The minimum Gasteiger partial charge on any atom is -0.355 e. The number of hydrogen-bond donors (Lipinski definition) is 3. The van der Waals surface area contributed by atoms with Gasteiger partial charge in [0.05, 0.1) is 11.4 Å². The Kier molecular flexibility index (Phi) is 7.85. The van der Waals surface area contributed by atoms with E-state index in [1.54, 1.807) is 26.1 Å². The molecule has 1 aliphatic rings. The number of sulfonamides is 1. The van der Waals surface area contributed by atoms with E-state index in [1.807, 2.05) is 0 Å². The summed E-state index contributed by atoms with van der Waals surface area (Å²) in [5.74, 6) is -0.00578. The van der Waals surface area contributed by atoms with Gasteiger partial charge in [0.1, 0.15) is 5.82 Å². The molecule has 1 unspecified atom stereocenters. The van der Waals surface area contributed by atoms with Gasteiger partial charge < -0.3 is 10.6 Å². The number of rotatable bonds is 8. The molecule has 152 valence electrons. The maximum Gasteiger partial charge on any atom is 0.234 e. The Labute approximate surface area is 161 Å². The van der Waals surface area contributed by atoms with Gasteiger partial charge in [0.25, 0.3) is 0 Å². The van der Waals surface area contributed by atoms with Crippen LogP contribution in [0.4, 0.5) is 10.1 Å². The van der Waals surface area contributed by atoms with Crippen molar-refractivity contribution in [1.29, 1.82) is 0 Å². The summed E-state index contributed by atoms with van der Waals surface area (Å²) in [5, 5.41) is 6.27. The topological polar surface area (TPSA) is 85.8 Å². The van der Waals surface area contributed by atoms with Crippen LogP contribution in [0.15, 0.2) is 23.2 Å². The van der Waals surface area contributed by atoms with Gasteiger partial charge in [-0.2, -0.15) is 0 Å². The molecule has 1 heterocycles. The molecule has 27 heavy (non-hydrogen) atoms. The average molecular weight is 400 g/mol. The van der Waals surface area contributed by atoms with Crippen molar-refractivity contribution in [3.05, 3.63) is 29.6 Å². The molecule has 0 bridgehead atoms. The second-order valence-corrected chi connectivity index (χ2v) is 8.53.